The van der Waals surface area contributed by atoms with E-state index in [1.54, 1.807) is 28.9 Å². The van der Waals surface area contributed by atoms with Gasteiger partial charge in [0.05, 0.1) is 26.4 Å². The van der Waals surface area contributed by atoms with Crippen molar-refractivity contribution in [2.24, 2.45) is 0 Å². The van der Waals surface area contributed by atoms with Crippen molar-refractivity contribution in [3.8, 4) is 5.82 Å². The van der Waals surface area contributed by atoms with Gasteiger partial charge in [-0.3, -0.25) is 4.79 Å². The van der Waals surface area contributed by atoms with Gasteiger partial charge in [-0.15, -0.1) is 0 Å². The number of halogens is 3. The van der Waals surface area contributed by atoms with E-state index in [0.717, 1.165) is 11.4 Å². The van der Waals surface area contributed by atoms with Crippen LogP contribution in [0.1, 0.15) is 28.8 Å². The summed E-state index contributed by atoms with van der Waals surface area (Å²) in [5, 5.41) is 7.47. The van der Waals surface area contributed by atoms with Crippen LogP contribution in [0.2, 0.25) is 15.1 Å². The predicted molar refractivity (Wildman–Crippen MR) is 116 cm³/mol. The molecule has 0 aliphatic rings. The van der Waals surface area contributed by atoms with Crippen molar-refractivity contribution in [2.75, 3.05) is 5.32 Å². The third-order valence-corrected chi connectivity index (χ3v) is 5.24. The van der Waals surface area contributed by atoms with Crippen molar-refractivity contribution in [1.82, 2.24) is 14.8 Å². The first-order chi connectivity index (χ1) is 14.2. The summed E-state index contributed by atoms with van der Waals surface area (Å²) in [6.45, 7) is 5.13. The highest BCUT2D eigenvalue weighted by atomic mass is 35.5. The summed E-state index contributed by atoms with van der Waals surface area (Å²) >= 11 is 18.1. The molecule has 0 spiro atoms. The summed E-state index contributed by atoms with van der Waals surface area (Å²) in [4.78, 5) is 29.3. The summed E-state index contributed by atoms with van der Waals surface area (Å²) < 4.78 is 6.83. The predicted octanol–water partition coefficient (Wildman–Crippen LogP) is 5.03. The first-order valence-electron chi connectivity index (χ1n) is 8.83. The number of rotatable bonds is 5. The molecule has 1 amide bonds. The van der Waals surface area contributed by atoms with E-state index in [0.29, 0.717) is 11.5 Å². The highest BCUT2D eigenvalue weighted by molar-refractivity contribution is 6.44. The van der Waals surface area contributed by atoms with Gasteiger partial charge in [-0.05, 0) is 51.1 Å². The number of nitrogens with one attached hydrogen (secondary N) is 1. The van der Waals surface area contributed by atoms with E-state index in [4.69, 9.17) is 39.5 Å². The Morgan fingerprint density at radius 3 is 2.50 bits per heavy atom. The van der Waals surface area contributed by atoms with Gasteiger partial charge >= 0.3 is 5.97 Å². The fourth-order valence-electron chi connectivity index (χ4n) is 2.66. The number of hydrogen-bond acceptors (Lipinski definition) is 5. The molecule has 10 heteroatoms. The molecule has 7 nitrogen and oxygen atoms in total. The van der Waals surface area contributed by atoms with Gasteiger partial charge in [0, 0.05) is 5.69 Å². The number of esters is 1. The van der Waals surface area contributed by atoms with Crippen LogP contribution in [0.25, 0.3) is 5.82 Å². The summed E-state index contributed by atoms with van der Waals surface area (Å²) in [6, 6.07) is 9.84. The lowest BCUT2D eigenvalue weighted by Gasteiger charge is -2.15. The van der Waals surface area contributed by atoms with E-state index < -0.39 is 18.0 Å². The van der Waals surface area contributed by atoms with E-state index in [2.05, 4.69) is 15.4 Å². The zero-order valence-electron chi connectivity index (χ0n) is 16.2. The first-order valence-corrected chi connectivity index (χ1v) is 9.97. The number of ether oxygens (including phenoxy) is 1. The second kappa shape index (κ2) is 9.04. The minimum Gasteiger partial charge on any atom is -0.448 e. The molecule has 0 saturated heterocycles. The van der Waals surface area contributed by atoms with Gasteiger partial charge in [0.25, 0.3) is 5.91 Å². The highest BCUT2D eigenvalue weighted by Crippen LogP contribution is 2.29. The standard InChI is InChI=1S/C20H17Cl3N4O3/c1-10-9-11(2)27(26-10)16-8-7-14(22)18(25-16)20(29)30-12(3)19(28)24-15-6-4-5-13(21)17(15)23/h4-9,12H,1-3H3,(H,24,28)/t12-/m0/s1. The van der Waals surface area contributed by atoms with Gasteiger partial charge in [-0.1, -0.05) is 40.9 Å². The number of carbonyl (C=O) groups is 2. The number of amides is 1. The fourth-order valence-corrected chi connectivity index (χ4v) is 3.19. The van der Waals surface area contributed by atoms with Gasteiger partial charge < -0.3 is 10.1 Å². The number of aromatic nitrogens is 3. The number of carbonyl (C=O) groups excluding carboxylic acids is 2. The number of nitrogens with zero attached hydrogens (tertiary/aromatic N) is 3. The Balaban J connectivity index is 1.76. The molecular weight excluding hydrogens is 451 g/mol. The summed E-state index contributed by atoms with van der Waals surface area (Å²) in [7, 11) is 0. The second-order valence-corrected chi connectivity index (χ2v) is 7.67. The van der Waals surface area contributed by atoms with Crippen molar-refractivity contribution in [3.05, 3.63) is 68.5 Å². The monoisotopic (exact) mass is 466 g/mol. The lowest BCUT2D eigenvalue weighted by Crippen LogP contribution is -2.30. The van der Waals surface area contributed by atoms with E-state index in [9.17, 15) is 9.59 Å². The zero-order chi connectivity index (χ0) is 22.0. The quantitative estimate of drug-likeness (QED) is 0.532. The van der Waals surface area contributed by atoms with Crippen LogP contribution in [0.3, 0.4) is 0 Å². The summed E-state index contributed by atoms with van der Waals surface area (Å²) in [5.41, 5.74) is 1.83. The molecule has 1 atom stereocenters. The maximum atomic E-state index is 12.6. The van der Waals surface area contributed by atoms with E-state index in [1.807, 2.05) is 19.9 Å². The Labute approximate surface area is 187 Å². The number of anilines is 1. The maximum Gasteiger partial charge on any atom is 0.359 e. The smallest absolute Gasteiger partial charge is 0.359 e. The maximum absolute atomic E-state index is 12.6. The molecule has 3 rings (SSSR count). The van der Waals surface area contributed by atoms with Gasteiger partial charge in [0.2, 0.25) is 0 Å². The number of benzene rings is 1. The lowest BCUT2D eigenvalue weighted by atomic mass is 10.3. The van der Waals surface area contributed by atoms with Crippen molar-refractivity contribution in [1.29, 1.82) is 0 Å². The van der Waals surface area contributed by atoms with Gasteiger partial charge in [0.15, 0.2) is 17.6 Å². The van der Waals surface area contributed by atoms with Crippen LogP contribution in [0.4, 0.5) is 5.69 Å². The molecule has 156 valence electrons. The fraction of sp³-hybridized carbons (Fsp3) is 0.200. The Kier molecular flexibility index (Phi) is 6.65. The largest absolute Gasteiger partial charge is 0.448 e. The van der Waals surface area contributed by atoms with Crippen molar-refractivity contribution >= 4 is 52.4 Å². The van der Waals surface area contributed by atoms with Gasteiger partial charge in [0.1, 0.15) is 0 Å². The third kappa shape index (κ3) is 4.75. The molecule has 0 radical (unpaired) electrons. The Morgan fingerprint density at radius 1 is 1.10 bits per heavy atom. The third-order valence-electron chi connectivity index (χ3n) is 4.11. The Bertz CT molecular complexity index is 1130. The van der Waals surface area contributed by atoms with Crippen LogP contribution in [0.5, 0.6) is 0 Å². The molecule has 2 aromatic heterocycles. The molecule has 0 fully saturated rings. The summed E-state index contributed by atoms with van der Waals surface area (Å²) in [6.07, 6.45) is -1.14. The molecule has 0 aliphatic heterocycles. The van der Waals surface area contributed by atoms with Crippen molar-refractivity contribution < 1.29 is 14.3 Å². The van der Waals surface area contributed by atoms with Crippen LogP contribution in [-0.4, -0.2) is 32.7 Å². The van der Waals surface area contributed by atoms with E-state index >= 15 is 0 Å². The van der Waals surface area contributed by atoms with Crippen LogP contribution < -0.4 is 5.32 Å². The molecule has 0 aliphatic carbocycles. The Hall–Kier alpha value is -2.61. The van der Waals surface area contributed by atoms with E-state index in [1.165, 1.54) is 13.0 Å². The number of hydrogen-bond donors (Lipinski definition) is 1. The molecule has 1 N–H and O–H groups in total. The SMILES string of the molecule is Cc1cc(C)n(-c2ccc(Cl)c(C(=O)O[C@@H](C)C(=O)Nc3cccc(Cl)c3Cl)n2)n1. The molecule has 30 heavy (non-hydrogen) atoms. The minimum absolute atomic E-state index is 0.0933. The van der Waals surface area contributed by atoms with Gasteiger partial charge in [-0.2, -0.15) is 5.10 Å². The van der Waals surface area contributed by atoms with Crippen molar-refractivity contribution in [3.63, 3.8) is 0 Å². The van der Waals surface area contributed by atoms with Crippen LogP contribution >= 0.6 is 34.8 Å². The average Bonchev–Trinajstić information content (AvgIpc) is 3.03. The van der Waals surface area contributed by atoms with Crippen LogP contribution in [0, 0.1) is 13.8 Å². The molecule has 2 heterocycles. The van der Waals surface area contributed by atoms with Crippen LogP contribution in [-0.2, 0) is 9.53 Å². The molecule has 0 saturated carbocycles. The number of aryl methyl sites for hydroxylation is 2. The zero-order valence-corrected chi connectivity index (χ0v) is 18.5. The first kappa shape index (κ1) is 22.1. The number of pyridine rings is 1. The minimum atomic E-state index is -1.14. The van der Waals surface area contributed by atoms with Crippen molar-refractivity contribution in [2.45, 2.75) is 26.9 Å². The van der Waals surface area contributed by atoms with Gasteiger partial charge in [-0.25, -0.2) is 14.5 Å². The normalized spacial score (nSPS) is 11.8. The molecule has 0 unspecified atom stereocenters. The van der Waals surface area contributed by atoms with E-state index in [-0.39, 0.29) is 20.8 Å². The van der Waals surface area contributed by atoms with Crippen LogP contribution in [0.15, 0.2) is 36.4 Å². The molecular formula is C20H17Cl3N4O3. The highest BCUT2D eigenvalue weighted by Gasteiger charge is 2.23. The average molecular weight is 468 g/mol. The molecule has 3 aromatic rings. The molecule has 0 bridgehead atoms. The lowest BCUT2D eigenvalue weighted by molar-refractivity contribution is -0.123. The topological polar surface area (TPSA) is 86.1 Å². The second-order valence-electron chi connectivity index (χ2n) is 6.48. The Morgan fingerprint density at radius 2 is 1.83 bits per heavy atom. The molecule has 1 aromatic carbocycles. The summed E-state index contributed by atoms with van der Waals surface area (Å²) in [5.74, 6) is -1.03.